The minimum atomic E-state index is -0.134. The van der Waals surface area contributed by atoms with Crippen LogP contribution in [0.3, 0.4) is 0 Å². The molecular formula is C18H21N5O2. The quantitative estimate of drug-likeness (QED) is 0.618. The molecule has 2 aromatic heterocycles. The van der Waals surface area contributed by atoms with E-state index in [4.69, 9.17) is 0 Å². The number of benzene rings is 1. The summed E-state index contributed by atoms with van der Waals surface area (Å²) in [5.41, 5.74) is 4.30. The van der Waals surface area contributed by atoms with Crippen LogP contribution in [0.5, 0.6) is 0 Å². The lowest BCUT2D eigenvalue weighted by atomic mass is 9.96. The Bertz CT molecular complexity index is 965. The minimum Gasteiger partial charge on any atom is -0.351 e. The van der Waals surface area contributed by atoms with Crippen LogP contribution in [0.25, 0.3) is 11.0 Å². The minimum absolute atomic E-state index is 0.117. The molecule has 0 spiro atoms. The zero-order chi connectivity index (χ0) is 17.2. The second-order valence-electron chi connectivity index (χ2n) is 6.44. The fourth-order valence-electron chi connectivity index (χ4n) is 3.52. The molecule has 1 aromatic carbocycles. The zero-order valence-electron chi connectivity index (χ0n) is 14.0. The number of H-pyrrole nitrogens is 2. The van der Waals surface area contributed by atoms with Gasteiger partial charge in [-0.05, 0) is 44.2 Å². The Morgan fingerprint density at radius 1 is 1.24 bits per heavy atom. The average molecular weight is 339 g/mol. The number of para-hydroxylation sites is 2. The third kappa shape index (κ3) is 2.97. The van der Waals surface area contributed by atoms with Gasteiger partial charge >= 0.3 is 5.69 Å². The van der Waals surface area contributed by atoms with Gasteiger partial charge in [0.1, 0.15) is 0 Å². The smallest absolute Gasteiger partial charge is 0.326 e. The van der Waals surface area contributed by atoms with Crippen LogP contribution in [0, 0.1) is 0 Å². The standard InChI is InChI=1S/C18H21N5O2/c24-17(16-12-6-1-2-7-13(12)21-22-16)19-10-5-11-23-15-9-4-3-8-14(15)20-18(23)25/h3-4,8-9H,1-2,5-7,10-11H2,(H,19,24)(H,20,25)(H,21,22). The lowest BCUT2D eigenvalue weighted by Gasteiger charge is -2.11. The number of carbonyl (C=O) groups is 1. The van der Waals surface area contributed by atoms with Crippen molar-refractivity contribution in [3.63, 3.8) is 0 Å². The number of amides is 1. The fourth-order valence-corrected chi connectivity index (χ4v) is 3.52. The normalized spacial score (nSPS) is 13.8. The summed E-state index contributed by atoms with van der Waals surface area (Å²) in [6, 6.07) is 7.61. The van der Waals surface area contributed by atoms with Crippen LogP contribution in [0.15, 0.2) is 29.1 Å². The third-order valence-corrected chi connectivity index (χ3v) is 4.80. The highest BCUT2D eigenvalue weighted by Crippen LogP contribution is 2.21. The first kappa shape index (κ1) is 15.7. The molecule has 0 bridgehead atoms. The second-order valence-corrected chi connectivity index (χ2v) is 6.44. The van der Waals surface area contributed by atoms with Crippen molar-refractivity contribution >= 4 is 16.9 Å². The van der Waals surface area contributed by atoms with Gasteiger partial charge in [0.25, 0.3) is 5.91 Å². The van der Waals surface area contributed by atoms with Crippen molar-refractivity contribution in [3.05, 3.63) is 51.7 Å². The maximum Gasteiger partial charge on any atom is 0.326 e. The SMILES string of the molecule is O=C(NCCCn1c(=O)[nH]c2ccccc21)c1n[nH]c2c1CCCC2. The van der Waals surface area contributed by atoms with E-state index in [1.165, 1.54) is 0 Å². The van der Waals surface area contributed by atoms with Crippen molar-refractivity contribution < 1.29 is 4.79 Å². The van der Waals surface area contributed by atoms with Crippen molar-refractivity contribution in [3.8, 4) is 0 Å². The lowest BCUT2D eigenvalue weighted by Crippen LogP contribution is -2.27. The predicted molar refractivity (Wildman–Crippen MR) is 94.7 cm³/mol. The number of carbonyl (C=O) groups excluding carboxylic acids is 1. The molecule has 1 aliphatic rings. The molecule has 3 aromatic rings. The highest BCUT2D eigenvalue weighted by Gasteiger charge is 2.21. The molecule has 1 amide bonds. The van der Waals surface area contributed by atoms with Gasteiger partial charge in [-0.25, -0.2) is 4.79 Å². The first-order chi connectivity index (χ1) is 12.2. The monoisotopic (exact) mass is 339 g/mol. The number of nitrogens with zero attached hydrogens (tertiary/aromatic N) is 2. The van der Waals surface area contributed by atoms with Gasteiger partial charge in [0.15, 0.2) is 5.69 Å². The summed E-state index contributed by atoms with van der Waals surface area (Å²) in [5, 5.41) is 10.1. The van der Waals surface area contributed by atoms with Crippen LogP contribution in [0.1, 0.15) is 41.0 Å². The number of hydrogen-bond donors (Lipinski definition) is 3. The van der Waals surface area contributed by atoms with Crippen LogP contribution >= 0.6 is 0 Å². The summed E-state index contributed by atoms with van der Waals surface area (Å²) in [6.07, 6.45) is 4.82. The molecule has 0 saturated heterocycles. The largest absolute Gasteiger partial charge is 0.351 e. The molecule has 3 N–H and O–H groups in total. The van der Waals surface area contributed by atoms with E-state index < -0.39 is 0 Å². The van der Waals surface area contributed by atoms with Crippen molar-refractivity contribution in [2.45, 2.75) is 38.6 Å². The van der Waals surface area contributed by atoms with Crippen LogP contribution in [0.4, 0.5) is 0 Å². The maximum absolute atomic E-state index is 12.4. The highest BCUT2D eigenvalue weighted by atomic mass is 16.2. The molecule has 0 unspecified atom stereocenters. The van der Waals surface area contributed by atoms with Gasteiger partial charge in [-0.3, -0.25) is 14.5 Å². The van der Waals surface area contributed by atoms with Gasteiger partial charge in [0, 0.05) is 24.3 Å². The van der Waals surface area contributed by atoms with E-state index in [9.17, 15) is 9.59 Å². The number of hydrogen-bond acceptors (Lipinski definition) is 3. The summed E-state index contributed by atoms with van der Waals surface area (Å²) >= 11 is 0. The predicted octanol–water partition coefficient (Wildman–Crippen LogP) is 1.75. The molecule has 1 aliphatic carbocycles. The Kier molecular flexibility index (Phi) is 4.13. The summed E-state index contributed by atoms with van der Waals surface area (Å²) in [7, 11) is 0. The van der Waals surface area contributed by atoms with E-state index in [0.29, 0.717) is 25.2 Å². The van der Waals surface area contributed by atoms with E-state index in [1.807, 2.05) is 24.3 Å². The third-order valence-electron chi connectivity index (χ3n) is 4.80. The first-order valence-corrected chi connectivity index (χ1v) is 8.76. The van der Waals surface area contributed by atoms with Gasteiger partial charge < -0.3 is 10.3 Å². The van der Waals surface area contributed by atoms with Gasteiger partial charge in [-0.1, -0.05) is 12.1 Å². The molecule has 130 valence electrons. The van der Waals surface area contributed by atoms with Crippen LogP contribution in [-0.4, -0.2) is 32.2 Å². The van der Waals surface area contributed by atoms with Gasteiger partial charge in [0.2, 0.25) is 0 Å². The van der Waals surface area contributed by atoms with Crippen molar-refractivity contribution in [2.24, 2.45) is 0 Å². The first-order valence-electron chi connectivity index (χ1n) is 8.76. The number of rotatable bonds is 5. The van der Waals surface area contributed by atoms with E-state index in [2.05, 4.69) is 20.5 Å². The summed E-state index contributed by atoms with van der Waals surface area (Å²) in [4.78, 5) is 27.2. The zero-order valence-corrected chi connectivity index (χ0v) is 14.0. The molecule has 0 fully saturated rings. The lowest BCUT2D eigenvalue weighted by molar-refractivity contribution is 0.0946. The van der Waals surface area contributed by atoms with Gasteiger partial charge in [-0.2, -0.15) is 5.10 Å². The number of nitrogens with one attached hydrogen (secondary N) is 3. The Morgan fingerprint density at radius 3 is 3.00 bits per heavy atom. The molecule has 7 nitrogen and oxygen atoms in total. The Morgan fingerprint density at radius 2 is 2.08 bits per heavy atom. The van der Waals surface area contributed by atoms with E-state index in [-0.39, 0.29) is 11.6 Å². The van der Waals surface area contributed by atoms with Gasteiger partial charge in [-0.15, -0.1) is 0 Å². The van der Waals surface area contributed by atoms with Gasteiger partial charge in [0.05, 0.1) is 11.0 Å². The Balaban J connectivity index is 1.36. The maximum atomic E-state index is 12.4. The number of aryl methyl sites for hydroxylation is 2. The number of imidazole rings is 1. The molecule has 25 heavy (non-hydrogen) atoms. The number of aromatic amines is 2. The molecule has 7 heteroatoms. The summed E-state index contributed by atoms with van der Waals surface area (Å²) < 4.78 is 1.71. The number of fused-ring (bicyclic) bond motifs is 2. The fraction of sp³-hybridized carbons (Fsp3) is 0.389. The van der Waals surface area contributed by atoms with Crippen LogP contribution < -0.4 is 11.0 Å². The van der Waals surface area contributed by atoms with E-state index >= 15 is 0 Å². The summed E-state index contributed by atoms with van der Waals surface area (Å²) in [6.45, 7) is 1.06. The highest BCUT2D eigenvalue weighted by molar-refractivity contribution is 5.94. The van der Waals surface area contributed by atoms with Crippen LogP contribution in [0.2, 0.25) is 0 Å². The molecule has 0 radical (unpaired) electrons. The van der Waals surface area contributed by atoms with Crippen molar-refractivity contribution in [1.29, 1.82) is 0 Å². The summed E-state index contributed by atoms with van der Waals surface area (Å²) in [5.74, 6) is -0.134. The Hall–Kier alpha value is -2.83. The van der Waals surface area contributed by atoms with Crippen LogP contribution in [-0.2, 0) is 19.4 Å². The number of aromatic nitrogens is 4. The van der Waals surface area contributed by atoms with E-state index in [1.54, 1.807) is 4.57 Å². The molecule has 0 aliphatic heterocycles. The molecule has 2 heterocycles. The molecular weight excluding hydrogens is 318 g/mol. The average Bonchev–Trinajstić information content (AvgIpc) is 3.19. The van der Waals surface area contributed by atoms with Crippen molar-refractivity contribution in [2.75, 3.05) is 6.54 Å². The molecule has 0 saturated carbocycles. The van der Waals surface area contributed by atoms with Crippen molar-refractivity contribution in [1.82, 2.24) is 25.1 Å². The Labute approximate surface area is 144 Å². The topological polar surface area (TPSA) is 95.6 Å². The molecule has 0 atom stereocenters. The molecule has 4 rings (SSSR count). The van der Waals surface area contributed by atoms with E-state index in [0.717, 1.165) is 48.0 Å². The second kappa shape index (κ2) is 6.58.